The molecule has 2 aromatic carbocycles. The highest BCUT2D eigenvalue weighted by atomic mass is 32.1. The molecule has 136 valence electrons. The summed E-state index contributed by atoms with van der Waals surface area (Å²) >= 11 is 1.25. The molecule has 0 unspecified atom stereocenters. The fourth-order valence-corrected chi connectivity index (χ4v) is 4.00. The van der Waals surface area contributed by atoms with Gasteiger partial charge in [-0.05, 0) is 18.2 Å². The maximum Gasteiger partial charge on any atom is 0.238 e. The minimum Gasteiger partial charge on any atom is -0.437 e. The molecule has 2 aromatic heterocycles. The third-order valence-corrected chi connectivity index (χ3v) is 5.40. The second-order valence-electron chi connectivity index (χ2n) is 6.23. The van der Waals surface area contributed by atoms with Crippen LogP contribution in [-0.4, -0.2) is 16.6 Å². The lowest BCUT2D eigenvalue weighted by Crippen LogP contribution is -2.00. The third-order valence-electron chi connectivity index (χ3n) is 4.47. The summed E-state index contributed by atoms with van der Waals surface area (Å²) in [5.41, 5.74) is 0.861. The smallest absolute Gasteiger partial charge is 0.238 e. The van der Waals surface area contributed by atoms with E-state index in [1.807, 2.05) is 36.4 Å². The number of aromatic nitrogens is 1. The van der Waals surface area contributed by atoms with E-state index in [0.29, 0.717) is 16.5 Å². The maximum absolute atomic E-state index is 13.4. The molecule has 0 amide bonds. The van der Waals surface area contributed by atoms with Crippen LogP contribution in [0.5, 0.6) is 0 Å². The van der Waals surface area contributed by atoms with Gasteiger partial charge in [-0.2, -0.15) is 0 Å². The Bertz CT molecular complexity index is 1240. The van der Waals surface area contributed by atoms with E-state index in [0.717, 1.165) is 22.4 Å². The highest BCUT2D eigenvalue weighted by Crippen LogP contribution is 2.34. The fourth-order valence-electron chi connectivity index (χ4n) is 3.13. The number of fused-ring (bicyclic) bond motifs is 2. The number of hydrogen-bond donors (Lipinski definition) is 0. The molecule has 7 heteroatoms. The molecule has 4 aromatic rings. The number of ketones is 2. The van der Waals surface area contributed by atoms with E-state index in [4.69, 9.17) is 4.42 Å². The molecule has 2 heterocycles. The van der Waals surface area contributed by atoms with E-state index in [1.165, 1.54) is 17.4 Å². The summed E-state index contributed by atoms with van der Waals surface area (Å²) in [5, 5.41) is 0.402. The van der Waals surface area contributed by atoms with Crippen LogP contribution in [0.3, 0.4) is 0 Å². The van der Waals surface area contributed by atoms with Crippen LogP contribution in [0.2, 0.25) is 0 Å². The molecule has 0 fully saturated rings. The highest BCUT2D eigenvalue weighted by molar-refractivity contribution is 7.19. The van der Waals surface area contributed by atoms with Crippen molar-refractivity contribution in [2.45, 2.75) is 0 Å². The number of furan rings is 1. The summed E-state index contributed by atoms with van der Waals surface area (Å²) in [4.78, 5) is 29.2. The number of Topliss-reactive ketones (excluding diaryl/α,β-unsaturated/α-hetero) is 2. The number of benzene rings is 2. The van der Waals surface area contributed by atoms with E-state index in [9.17, 15) is 18.4 Å². The van der Waals surface area contributed by atoms with E-state index < -0.39 is 23.2 Å². The molecule has 1 aliphatic carbocycles. The van der Waals surface area contributed by atoms with Crippen LogP contribution in [0.15, 0.2) is 58.5 Å². The number of thiazole rings is 1. The largest absolute Gasteiger partial charge is 0.437 e. The maximum atomic E-state index is 13.4. The summed E-state index contributed by atoms with van der Waals surface area (Å²) in [7, 11) is 0. The second kappa shape index (κ2) is 6.03. The van der Waals surface area contributed by atoms with E-state index >= 15 is 0 Å². The van der Waals surface area contributed by atoms with Gasteiger partial charge in [0.25, 0.3) is 0 Å². The van der Waals surface area contributed by atoms with E-state index in [-0.39, 0.29) is 16.7 Å². The molecule has 0 bridgehead atoms. The van der Waals surface area contributed by atoms with Crippen molar-refractivity contribution in [2.24, 2.45) is 0 Å². The minimum absolute atomic E-state index is 0.137. The number of carbonyl (C=O) groups is 2. The molecule has 5 rings (SSSR count). The quantitative estimate of drug-likeness (QED) is 0.343. The molecule has 0 radical (unpaired) electrons. The Hall–Kier alpha value is -3.45. The molecule has 0 saturated carbocycles. The van der Waals surface area contributed by atoms with Gasteiger partial charge in [-0.15, -0.1) is 11.3 Å². The van der Waals surface area contributed by atoms with Crippen molar-refractivity contribution in [1.29, 1.82) is 0 Å². The molecule has 0 N–H and O–H groups in total. The van der Waals surface area contributed by atoms with Crippen LogP contribution < -0.4 is 0 Å². The number of hydrogen-bond acceptors (Lipinski definition) is 5. The van der Waals surface area contributed by atoms with Crippen molar-refractivity contribution in [2.75, 3.05) is 0 Å². The monoisotopic (exact) mass is 393 g/mol. The molecule has 0 atom stereocenters. The average molecular weight is 393 g/mol. The van der Waals surface area contributed by atoms with Gasteiger partial charge >= 0.3 is 0 Å². The van der Waals surface area contributed by atoms with Crippen molar-refractivity contribution in [3.05, 3.63) is 81.9 Å². The van der Waals surface area contributed by atoms with Crippen molar-refractivity contribution >= 4 is 39.4 Å². The second-order valence-corrected chi connectivity index (χ2v) is 7.29. The van der Waals surface area contributed by atoms with Crippen LogP contribution in [0.25, 0.3) is 27.8 Å². The molecule has 0 spiro atoms. The Morgan fingerprint density at radius 2 is 1.57 bits per heavy atom. The van der Waals surface area contributed by atoms with Gasteiger partial charge in [-0.3, -0.25) is 9.59 Å². The molecule has 0 aliphatic heterocycles. The summed E-state index contributed by atoms with van der Waals surface area (Å²) < 4.78 is 33.4. The van der Waals surface area contributed by atoms with Crippen molar-refractivity contribution in [1.82, 2.24) is 4.98 Å². The Labute approximate surface area is 160 Å². The van der Waals surface area contributed by atoms with Gasteiger partial charge in [0.1, 0.15) is 10.8 Å². The molecular weight excluding hydrogens is 384 g/mol. The Balaban J connectivity index is 1.53. The molecule has 1 aliphatic rings. The van der Waals surface area contributed by atoms with Crippen LogP contribution in [0, 0.1) is 11.6 Å². The Kier molecular flexibility index (Phi) is 3.60. The summed E-state index contributed by atoms with van der Waals surface area (Å²) in [6, 6.07) is 12.9. The fraction of sp³-hybridized carbons (Fsp3) is 0. The van der Waals surface area contributed by atoms with Crippen LogP contribution >= 0.6 is 11.3 Å². The van der Waals surface area contributed by atoms with Crippen molar-refractivity contribution in [3.63, 3.8) is 0 Å². The molecular formula is C21H9F2NO3S. The standard InChI is InChI=1S/C21H9F2NO3S/c22-14-6-11-12(7-15(14)23)20(26)13(19(11)25)8-18-24-21-17(28-18)9-16(27-21)10-4-2-1-3-5-10/h1-9H. The van der Waals surface area contributed by atoms with E-state index in [2.05, 4.69) is 4.98 Å². The SMILES string of the molecule is O=C1C(=Cc2nc3oc(-c4ccccc4)cc3s2)C(=O)c2cc(F)c(F)cc21. The van der Waals surface area contributed by atoms with Gasteiger partial charge in [0.15, 0.2) is 23.2 Å². The lowest BCUT2D eigenvalue weighted by atomic mass is 10.1. The van der Waals surface area contributed by atoms with Gasteiger partial charge < -0.3 is 4.42 Å². The minimum atomic E-state index is -1.17. The number of rotatable bonds is 2. The van der Waals surface area contributed by atoms with Gasteiger partial charge in [0.2, 0.25) is 5.71 Å². The number of halogens is 2. The molecule has 28 heavy (non-hydrogen) atoms. The average Bonchev–Trinajstić information content (AvgIpc) is 3.31. The Morgan fingerprint density at radius 1 is 0.929 bits per heavy atom. The van der Waals surface area contributed by atoms with Crippen molar-refractivity contribution in [3.8, 4) is 11.3 Å². The molecule has 4 nitrogen and oxygen atoms in total. The summed E-state index contributed by atoms with van der Waals surface area (Å²) in [6.07, 6.45) is 1.34. The highest BCUT2D eigenvalue weighted by Gasteiger charge is 2.34. The topological polar surface area (TPSA) is 60.2 Å². The Morgan fingerprint density at radius 3 is 2.18 bits per heavy atom. The first kappa shape index (κ1) is 16.7. The van der Waals surface area contributed by atoms with Crippen LogP contribution in [-0.2, 0) is 0 Å². The summed E-state index contributed by atoms with van der Waals surface area (Å²) in [6.45, 7) is 0. The number of carbonyl (C=O) groups excluding carboxylic acids is 2. The third kappa shape index (κ3) is 2.51. The first-order valence-electron chi connectivity index (χ1n) is 8.27. The number of allylic oxidation sites excluding steroid dienone is 1. The summed E-state index contributed by atoms with van der Waals surface area (Å²) in [5.74, 6) is -2.95. The zero-order valence-corrected chi connectivity index (χ0v) is 14.8. The van der Waals surface area contributed by atoms with Gasteiger partial charge in [0, 0.05) is 22.8 Å². The first-order chi connectivity index (χ1) is 13.5. The van der Waals surface area contributed by atoms with Gasteiger partial charge in [-0.1, -0.05) is 30.3 Å². The van der Waals surface area contributed by atoms with Gasteiger partial charge in [-0.25, -0.2) is 13.8 Å². The normalized spacial score (nSPS) is 13.4. The zero-order valence-electron chi connectivity index (χ0n) is 14.0. The van der Waals surface area contributed by atoms with Crippen LogP contribution in [0.4, 0.5) is 8.78 Å². The first-order valence-corrected chi connectivity index (χ1v) is 9.09. The zero-order chi connectivity index (χ0) is 19.4. The van der Waals surface area contributed by atoms with Crippen LogP contribution in [0.1, 0.15) is 25.7 Å². The van der Waals surface area contributed by atoms with E-state index in [1.54, 1.807) is 0 Å². The van der Waals surface area contributed by atoms with Crippen molar-refractivity contribution < 1.29 is 22.8 Å². The lowest BCUT2D eigenvalue weighted by molar-refractivity contribution is 0.0990. The molecule has 0 saturated heterocycles. The predicted molar refractivity (Wildman–Crippen MR) is 100 cm³/mol. The number of nitrogens with zero attached hydrogens (tertiary/aromatic N) is 1. The van der Waals surface area contributed by atoms with Gasteiger partial charge in [0.05, 0.1) is 10.3 Å². The lowest BCUT2D eigenvalue weighted by Gasteiger charge is -1.96. The predicted octanol–water partition coefficient (Wildman–Crippen LogP) is 5.30.